The van der Waals surface area contributed by atoms with E-state index in [0.29, 0.717) is 5.88 Å². The molecule has 0 atom stereocenters. The number of carbonyl (C=O) groups is 1. The summed E-state index contributed by atoms with van der Waals surface area (Å²) in [6.45, 7) is 1.49. The number of nitrogens with zero attached hydrogens (tertiary/aromatic N) is 4. The average molecular weight is 359 g/mol. The van der Waals surface area contributed by atoms with E-state index in [-0.39, 0.29) is 5.91 Å². The first-order valence-electron chi connectivity index (χ1n) is 8.36. The number of imidazole rings is 1. The molecule has 3 heterocycles. The second-order valence-corrected chi connectivity index (χ2v) is 5.96. The molecule has 0 saturated carbocycles. The lowest BCUT2D eigenvalue weighted by Crippen LogP contribution is -2.05. The van der Waals surface area contributed by atoms with Gasteiger partial charge in [-0.15, -0.1) is 0 Å². The number of pyridine rings is 2. The highest BCUT2D eigenvalue weighted by atomic mass is 16.5. The molecule has 0 aliphatic heterocycles. The number of amides is 1. The molecule has 1 amide bonds. The van der Waals surface area contributed by atoms with Gasteiger partial charge in [0.2, 0.25) is 11.8 Å². The molecule has 0 aliphatic rings. The summed E-state index contributed by atoms with van der Waals surface area (Å²) in [4.78, 5) is 24.6. The maximum atomic E-state index is 11.2. The van der Waals surface area contributed by atoms with Crippen molar-refractivity contribution in [2.45, 2.75) is 6.92 Å². The van der Waals surface area contributed by atoms with Crippen molar-refractivity contribution in [1.29, 1.82) is 0 Å². The van der Waals surface area contributed by atoms with E-state index in [9.17, 15) is 4.79 Å². The summed E-state index contributed by atoms with van der Waals surface area (Å²) >= 11 is 0. The Morgan fingerprint density at radius 3 is 2.74 bits per heavy atom. The molecule has 1 aromatic carbocycles. The number of fused-ring (bicyclic) bond motifs is 1. The molecule has 0 spiro atoms. The van der Waals surface area contributed by atoms with Gasteiger partial charge in [-0.05, 0) is 30.3 Å². The third kappa shape index (κ3) is 3.35. The van der Waals surface area contributed by atoms with Gasteiger partial charge in [0.25, 0.3) is 0 Å². The Morgan fingerprint density at radius 1 is 1.11 bits per heavy atom. The van der Waals surface area contributed by atoms with Crippen molar-refractivity contribution < 1.29 is 9.53 Å². The fourth-order valence-corrected chi connectivity index (χ4v) is 2.87. The number of hydrogen-bond acceptors (Lipinski definition) is 5. The van der Waals surface area contributed by atoms with Gasteiger partial charge in [0, 0.05) is 36.5 Å². The molecular formula is C20H17N5O2. The number of aromatic nitrogens is 4. The zero-order valence-electron chi connectivity index (χ0n) is 14.9. The summed E-state index contributed by atoms with van der Waals surface area (Å²) in [7, 11) is 1.58. The number of hydrogen-bond donors (Lipinski definition) is 1. The highest BCUT2D eigenvalue weighted by Gasteiger charge is 2.11. The second-order valence-electron chi connectivity index (χ2n) is 5.96. The van der Waals surface area contributed by atoms with E-state index in [4.69, 9.17) is 9.72 Å². The second kappa shape index (κ2) is 6.87. The molecule has 0 unspecified atom stereocenters. The molecule has 0 saturated heterocycles. The largest absolute Gasteiger partial charge is 0.481 e. The van der Waals surface area contributed by atoms with E-state index in [1.165, 1.54) is 6.92 Å². The lowest BCUT2D eigenvalue weighted by molar-refractivity contribution is -0.114. The maximum Gasteiger partial charge on any atom is 0.221 e. The SMILES string of the molecule is COc1ccc(-n2ccnc2-c2ccc3cc(NC(C)=O)ccc3n2)cn1. The standard InChI is InChI=1S/C20H17N5O2/c1-13(26)23-15-4-7-17-14(11-15)3-6-18(24-17)20-21-9-10-25(20)16-5-8-19(27-2)22-12-16/h3-12H,1-2H3,(H,23,26). The van der Waals surface area contributed by atoms with Crippen LogP contribution in [0.3, 0.4) is 0 Å². The van der Waals surface area contributed by atoms with Gasteiger partial charge < -0.3 is 10.1 Å². The number of rotatable bonds is 4. The Kier molecular flexibility index (Phi) is 4.25. The number of benzene rings is 1. The van der Waals surface area contributed by atoms with Crippen molar-refractivity contribution in [2.24, 2.45) is 0 Å². The zero-order valence-corrected chi connectivity index (χ0v) is 14.9. The first kappa shape index (κ1) is 16.7. The van der Waals surface area contributed by atoms with Gasteiger partial charge in [-0.1, -0.05) is 6.07 Å². The Balaban J connectivity index is 1.72. The van der Waals surface area contributed by atoms with Gasteiger partial charge in [0.15, 0.2) is 5.82 Å². The van der Waals surface area contributed by atoms with Gasteiger partial charge in [0.05, 0.1) is 24.5 Å². The topological polar surface area (TPSA) is 81.9 Å². The van der Waals surface area contributed by atoms with E-state index < -0.39 is 0 Å². The van der Waals surface area contributed by atoms with Crippen molar-refractivity contribution in [2.75, 3.05) is 12.4 Å². The minimum absolute atomic E-state index is 0.103. The van der Waals surface area contributed by atoms with Crippen LogP contribution in [-0.2, 0) is 4.79 Å². The predicted octanol–water partition coefficient (Wildman–Crippen LogP) is 3.45. The summed E-state index contributed by atoms with van der Waals surface area (Å²) in [5.74, 6) is 1.17. The number of ether oxygens (including phenoxy) is 1. The van der Waals surface area contributed by atoms with E-state index in [1.54, 1.807) is 25.6 Å². The molecule has 0 radical (unpaired) electrons. The molecule has 134 valence electrons. The summed E-state index contributed by atoms with van der Waals surface area (Å²) in [6, 6.07) is 13.2. The number of methoxy groups -OCH3 is 1. The van der Waals surface area contributed by atoms with Gasteiger partial charge >= 0.3 is 0 Å². The van der Waals surface area contributed by atoms with E-state index in [1.807, 2.05) is 47.2 Å². The molecule has 27 heavy (non-hydrogen) atoms. The Hall–Kier alpha value is -3.74. The van der Waals surface area contributed by atoms with Crippen LogP contribution in [0.25, 0.3) is 28.1 Å². The first-order chi connectivity index (χ1) is 13.1. The predicted molar refractivity (Wildman–Crippen MR) is 103 cm³/mol. The van der Waals surface area contributed by atoms with E-state index >= 15 is 0 Å². The van der Waals surface area contributed by atoms with Crippen LogP contribution in [0.1, 0.15) is 6.92 Å². The molecule has 7 nitrogen and oxygen atoms in total. The number of anilines is 1. The van der Waals surface area contributed by atoms with Crippen LogP contribution >= 0.6 is 0 Å². The summed E-state index contributed by atoms with van der Waals surface area (Å²) in [6.07, 6.45) is 5.32. The maximum absolute atomic E-state index is 11.2. The molecule has 4 rings (SSSR count). The van der Waals surface area contributed by atoms with Crippen LogP contribution < -0.4 is 10.1 Å². The quantitative estimate of drug-likeness (QED) is 0.603. The van der Waals surface area contributed by atoms with Crippen LogP contribution in [0, 0.1) is 0 Å². The molecule has 1 N–H and O–H groups in total. The Labute approximate surface area is 155 Å². The molecular weight excluding hydrogens is 342 g/mol. The molecule has 7 heteroatoms. The van der Waals surface area contributed by atoms with Crippen molar-refractivity contribution in [1.82, 2.24) is 19.5 Å². The van der Waals surface area contributed by atoms with E-state index in [2.05, 4.69) is 15.3 Å². The van der Waals surface area contributed by atoms with Gasteiger partial charge in [-0.2, -0.15) is 0 Å². The first-order valence-corrected chi connectivity index (χ1v) is 8.36. The Morgan fingerprint density at radius 2 is 2.00 bits per heavy atom. The average Bonchev–Trinajstić information content (AvgIpc) is 3.17. The Bertz CT molecular complexity index is 1120. The van der Waals surface area contributed by atoms with Crippen LogP contribution in [0.15, 0.2) is 61.1 Å². The smallest absolute Gasteiger partial charge is 0.221 e. The third-order valence-electron chi connectivity index (χ3n) is 4.09. The lowest BCUT2D eigenvalue weighted by atomic mass is 10.1. The minimum Gasteiger partial charge on any atom is -0.481 e. The fourth-order valence-electron chi connectivity index (χ4n) is 2.87. The van der Waals surface area contributed by atoms with Crippen LogP contribution in [-0.4, -0.2) is 32.5 Å². The number of carbonyl (C=O) groups excluding carboxylic acids is 1. The van der Waals surface area contributed by atoms with Crippen molar-refractivity contribution in [3.63, 3.8) is 0 Å². The van der Waals surface area contributed by atoms with Gasteiger partial charge in [-0.25, -0.2) is 15.0 Å². The summed E-state index contributed by atoms with van der Waals surface area (Å²) in [5.41, 5.74) is 3.18. The van der Waals surface area contributed by atoms with Gasteiger partial charge in [0.1, 0.15) is 5.69 Å². The minimum atomic E-state index is -0.103. The monoisotopic (exact) mass is 359 g/mol. The molecule has 0 aliphatic carbocycles. The van der Waals surface area contributed by atoms with Crippen molar-refractivity contribution in [3.8, 4) is 23.1 Å². The van der Waals surface area contributed by atoms with Crippen molar-refractivity contribution in [3.05, 3.63) is 61.1 Å². The van der Waals surface area contributed by atoms with Crippen LogP contribution in [0.2, 0.25) is 0 Å². The molecule has 3 aromatic heterocycles. The van der Waals surface area contributed by atoms with E-state index in [0.717, 1.165) is 33.8 Å². The fraction of sp³-hybridized carbons (Fsp3) is 0.100. The summed E-state index contributed by atoms with van der Waals surface area (Å²) in [5, 5.41) is 3.72. The van der Waals surface area contributed by atoms with Crippen LogP contribution in [0.4, 0.5) is 5.69 Å². The lowest BCUT2D eigenvalue weighted by Gasteiger charge is -2.09. The van der Waals surface area contributed by atoms with Gasteiger partial charge in [-0.3, -0.25) is 9.36 Å². The zero-order chi connectivity index (χ0) is 18.8. The molecule has 0 bridgehead atoms. The highest BCUT2D eigenvalue weighted by molar-refractivity contribution is 5.92. The summed E-state index contributed by atoms with van der Waals surface area (Å²) < 4.78 is 7.03. The number of nitrogens with one attached hydrogen (secondary N) is 1. The molecule has 4 aromatic rings. The third-order valence-corrected chi connectivity index (χ3v) is 4.09. The highest BCUT2D eigenvalue weighted by Crippen LogP contribution is 2.24. The normalized spacial score (nSPS) is 10.7. The van der Waals surface area contributed by atoms with Crippen molar-refractivity contribution >= 4 is 22.5 Å². The molecule has 0 fully saturated rings. The van der Waals surface area contributed by atoms with Crippen LogP contribution in [0.5, 0.6) is 5.88 Å².